The fourth-order valence-electron chi connectivity index (χ4n) is 4.42. The summed E-state index contributed by atoms with van der Waals surface area (Å²) in [5.74, 6) is 0.271. The first kappa shape index (κ1) is 16.4. The first-order valence-electron chi connectivity index (χ1n) is 8.86. The van der Waals surface area contributed by atoms with Gasteiger partial charge in [-0.1, -0.05) is 48.0 Å². The second kappa shape index (κ2) is 5.89. The highest BCUT2D eigenvalue weighted by Gasteiger charge is 2.67. The Kier molecular flexibility index (Phi) is 3.59. The molecule has 5 rings (SSSR count). The molecule has 0 N–H and O–H groups in total. The van der Waals surface area contributed by atoms with Crippen LogP contribution >= 0.6 is 11.6 Å². The molecule has 3 atom stereocenters. The zero-order valence-corrected chi connectivity index (χ0v) is 15.3. The van der Waals surface area contributed by atoms with Gasteiger partial charge in [-0.05, 0) is 5.56 Å². The molecule has 7 heteroatoms. The minimum atomic E-state index is -1.02. The van der Waals surface area contributed by atoms with E-state index in [-0.39, 0.29) is 17.8 Å². The molecule has 27 heavy (non-hydrogen) atoms. The van der Waals surface area contributed by atoms with Gasteiger partial charge < -0.3 is 9.64 Å². The molecule has 1 aromatic heterocycles. The fourth-order valence-corrected chi connectivity index (χ4v) is 4.67. The van der Waals surface area contributed by atoms with Gasteiger partial charge in [0.1, 0.15) is 17.3 Å². The monoisotopic (exact) mass is 380 g/mol. The van der Waals surface area contributed by atoms with Crippen LogP contribution in [0.4, 0.5) is 5.82 Å². The Labute approximate surface area is 161 Å². The van der Waals surface area contributed by atoms with E-state index in [9.17, 15) is 4.79 Å². The topological polar surface area (TPSA) is 67.7 Å². The zero-order valence-electron chi connectivity index (χ0n) is 14.5. The van der Waals surface area contributed by atoms with Crippen molar-refractivity contribution >= 4 is 29.1 Å². The molecule has 0 saturated carbocycles. The van der Waals surface area contributed by atoms with Crippen LogP contribution < -0.4 is 4.90 Å². The lowest BCUT2D eigenvalue weighted by Crippen LogP contribution is -2.54. The van der Waals surface area contributed by atoms with Crippen LogP contribution in [0, 0.1) is 5.92 Å². The van der Waals surface area contributed by atoms with Gasteiger partial charge in [-0.15, -0.1) is 6.58 Å². The highest BCUT2D eigenvalue weighted by Crippen LogP contribution is 2.56. The smallest absolute Gasteiger partial charge is 0.341 e. The van der Waals surface area contributed by atoms with Gasteiger partial charge in [0.15, 0.2) is 0 Å². The Balaban J connectivity index is 1.65. The van der Waals surface area contributed by atoms with E-state index in [1.165, 1.54) is 6.33 Å². The van der Waals surface area contributed by atoms with Crippen LogP contribution in [0.5, 0.6) is 0 Å². The molecule has 1 saturated heterocycles. The van der Waals surface area contributed by atoms with Crippen LogP contribution in [-0.2, 0) is 9.53 Å². The van der Waals surface area contributed by atoms with Gasteiger partial charge >= 0.3 is 5.97 Å². The lowest BCUT2D eigenvalue weighted by Gasteiger charge is -2.44. The molecule has 2 aromatic rings. The van der Waals surface area contributed by atoms with Gasteiger partial charge in [0.25, 0.3) is 0 Å². The van der Waals surface area contributed by atoms with E-state index in [2.05, 4.69) is 26.4 Å². The first-order chi connectivity index (χ1) is 13.2. The Morgan fingerprint density at radius 2 is 2.15 bits per heavy atom. The average Bonchev–Trinajstić information content (AvgIpc) is 3.43. The van der Waals surface area contributed by atoms with Gasteiger partial charge in [0, 0.05) is 30.5 Å². The van der Waals surface area contributed by atoms with Crippen molar-refractivity contribution in [3.63, 3.8) is 0 Å². The average molecular weight is 381 g/mol. The van der Waals surface area contributed by atoms with E-state index in [4.69, 9.17) is 16.3 Å². The summed E-state index contributed by atoms with van der Waals surface area (Å²) in [6.45, 7) is 5.50. The van der Waals surface area contributed by atoms with E-state index in [0.717, 1.165) is 22.7 Å². The maximum Gasteiger partial charge on any atom is 0.341 e. The number of ether oxygens (including phenoxy) is 1. The summed E-state index contributed by atoms with van der Waals surface area (Å²) < 4.78 is 5.57. The van der Waals surface area contributed by atoms with Crippen molar-refractivity contribution < 1.29 is 9.53 Å². The molecule has 136 valence electrons. The molecule has 0 aliphatic carbocycles. The quantitative estimate of drug-likeness (QED) is 0.465. The van der Waals surface area contributed by atoms with Crippen molar-refractivity contribution in [1.29, 1.82) is 0 Å². The summed E-state index contributed by atoms with van der Waals surface area (Å²) in [7, 11) is 0. The molecular formula is C20H17ClN4O2. The summed E-state index contributed by atoms with van der Waals surface area (Å²) in [5.41, 5.74) is 1.45. The predicted octanol–water partition coefficient (Wildman–Crippen LogP) is 2.63. The van der Waals surface area contributed by atoms with Crippen LogP contribution in [0.3, 0.4) is 0 Å². The summed E-state index contributed by atoms with van der Waals surface area (Å²) in [6.07, 6.45) is 3.28. The fraction of sp³-hybridized carbons (Fsp3) is 0.300. The molecule has 6 nitrogen and oxygen atoms in total. The van der Waals surface area contributed by atoms with Crippen LogP contribution in [0.2, 0.25) is 5.15 Å². The number of fused-ring (bicyclic) bond motifs is 4. The van der Waals surface area contributed by atoms with Crippen LogP contribution in [0.1, 0.15) is 17.0 Å². The summed E-state index contributed by atoms with van der Waals surface area (Å²) in [5, 5.41) is 0.368. The van der Waals surface area contributed by atoms with Gasteiger partial charge in [-0.2, -0.15) is 0 Å². The Bertz CT molecular complexity index is 977. The van der Waals surface area contributed by atoms with Crippen molar-refractivity contribution in [2.75, 3.05) is 24.6 Å². The first-order valence-corrected chi connectivity index (χ1v) is 9.24. The van der Waals surface area contributed by atoms with E-state index in [1.807, 2.05) is 36.4 Å². The Morgan fingerprint density at radius 3 is 2.93 bits per heavy atom. The Hall–Kier alpha value is -2.73. The molecule has 1 aromatic carbocycles. The second-order valence-electron chi connectivity index (χ2n) is 7.02. The highest BCUT2D eigenvalue weighted by molar-refractivity contribution is 6.32. The van der Waals surface area contributed by atoms with Gasteiger partial charge in [-0.3, -0.25) is 4.99 Å². The SMILES string of the molecule is C=CCN1C[C@H]2COC(=O)[C@@]3(N=C3c3ccccc3)[C@H]2c2c(Cl)ncnc21. The maximum atomic E-state index is 12.9. The van der Waals surface area contributed by atoms with E-state index >= 15 is 0 Å². The third-order valence-corrected chi connectivity index (χ3v) is 5.84. The number of esters is 1. The third kappa shape index (κ3) is 2.26. The van der Waals surface area contributed by atoms with E-state index in [1.54, 1.807) is 0 Å². The van der Waals surface area contributed by atoms with Crippen molar-refractivity contribution in [1.82, 2.24) is 9.97 Å². The number of halogens is 1. The number of rotatable bonds is 3. The number of cyclic esters (lactones) is 1. The number of aliphatic imine (C=N–C) groups is 1. The number of hydrogen-bond donors (Lipinski definition) is 0. The number of benzene rings is 1. The maximum absolute atomic E-state index is 12.9. The van der Waals surface area contributed by atoms with Gasteiger partial charge in [-0.25, -0.2) is 14.8 Å². The molecule has 3 aliphatic heterocycles. The largest absolute Gasteiger partial charge is 0.463 e. The molecule has 4 heterocycles. The number of carbonyl (C=O) groups excluding carboxylic acids is 1. The van der Waals surface area contributed by atoms with Crippen molar-refractivity contribution in [3.05, 3.63) is 65.6 Å². The Morgan fingerprint density at radius 1 is 1.33 bits per heavy atom. The number of hydrogen-bond acceptors (Lipinski definition) is 6. The lowest BCUT2D eigenvalue weighted by atomic mass is 9.70. The number of nitrogens with zero attached hydrogens (tertiary/aromatic N) is 4. The normalized spacial score (nSPS) is 28.1. The van der Waals surface area contributed by atoms with Crippen LogP contribution in [0.15, 0.2) is 54.3 Å². The summed E-state index contributed by atoms with van der Waals surface area (Å²) in [6, 6.07) is 9.73. The molecule has 1 spiro atoms. The lowest BCUT2D eigenvalue weighted by molar-refractivity contribution is -0.154. The van der Waals surface area contributed by atoms with E-state index in [0.29, 0.717) is 24.8 Å². The van der Waals surface area contributed by atoms with Crippen molar-refractivity contribution in [2.45, 2.75) is 11.5 Å². The van der Waals surface area contributed by atoms with Gasteiger partial charge in [0.2, 0.25) is 5.54 Å². The highest BCUT2D eigenvalue weighted by atomic mass is 35.5. The van der Waals surface area contributed by atoms with Crippen molar-refractivity contribution in [2.24, 2.45) is 10.9 Å². The molecule has 0 bridgehead atoms. The molecular weight excluding hydrogens is 364 g/mol. The van der Waals surface area contributed by atoms with Gasteiger partial charge in [0.05, 0.1) is 12.3 Å². The minimum absolute atomic E-state index is 0.0589. The zero-order chi connectivity index (χ0) is 18.6. The molecule has 0 radical (unpaired) electrons. The number of aromatic nitrogens is 2. The molecule has 0 amide bonds. The number of anilines is 1. The second-order valence-corrected chi connectivity index (χ2v) is 7.38. The molecule has 0 unspecified atom stereocenters. The van der Waals surface area contributed by atoms with Crippen LogP contribution in [0.25, 0.3) is 0 Å². The van der Waals surface area contributed by atoms with E-state index < -0.39 is 5.54 Å². The molecule has 3 aliphatic rings. The summed E-state index contributed by atoms with van der Waals surface area (Å²) >= 11 is 6.52. The minimum Gasteiger partial charge on any atom is -0.463 e. The predicted molar refractivity (Wildman–Crippen MR) is 102 cm³/mol. The summed E-state index contributed by atoms with van der Waals surface area (Å²) in [4.78, 5) is 28.3. The molecule has 1 fully saturated rings. The third-order valence-electron chi connectivity index (χ3n) is 5.54. The van der Waals surface area contributed by atoms with Crippen LogP contribution in [-0.4, -0.2) is 46.9 Å². The number of carbonyl (C=O) groups is 1. The standard InChI is InChI=1S/C20H17ClN4O2/c1-2-8-25-9-13-10-27-19(26)20(16(24-20)12-6-4-3-5-7-12)15(13)14-17(21)22-11-23-18(14)25/h2-7,11,13,15H,1,8-10H2/t13-,15+,20+/m0/s1. The van der Waals surface area contributed by atoms with Crippen molar-refractivity contribution in [3.8, 4) is 0 Å².